The van der Waals surface area contributed by atoms with E-state index >= 15 is 0 Å². The number of amides is 1. The van der Waals surface area contributed by atoms with E-state index in [1.807, 2.05) is 28.5 Å². The average Bonchev–Trinajstić information content (AvgIpc) is 3.12. The van der Waals surface area contributed by atoms with E-state index in [4.69, 9.17) is 0 Å². The first-order chi connectivity index (χ1) is 9.33. The summed E-state index contributed by atoms with van der Waals surface area (Å²) in [5.74, 6) is 0.648. The van der Waals surface area contributed by atoms with Crippen LogP contribution in [0.3, 0.4) is 0 Å². The van der Waals surface area contributed by atoms with Crippen LogP contribution in [-0.2, 0) is 11.2 Å². The fraction of sp³-hybridized carbons (Fsp3) is 0.429. The Hall–Kier alpha value is -1.62. The Labute approximate surface area is 116 Å². The third kappa shape index (κ3) is 2.87. The summed E-state index contributed by atoms with van der Waals surface area (Å²) in [5.41, 5.74) is 1.15. The largest absolute Gasteiger partial charge is 0.342 e. The van der Waals surface area contributed by atoms with Crippen LogP contribution in [0.1, 0.15) is 29.3 Å². The smallest absolute Gasteiger partial charge is 0.227 e. The lowest BCUT2D eigenvalue weighted by atomic mass is 9.94. The van der Waals surface area contributed by atoms with Crippen LogP contribution >= 0.6 is 11.3 Å². The first-order valence-corrected chi connectivity index (χ1v) is 7.50. The zero-order valence-corrected chi connectivity index (χ0v) is 11.5. The lowest BCUT2D eigenvalue weighted by Crippen LogP contribution is -2.39. The van der Waals surface area contributed by atoms with Crippen LogP contribution in [0.4, 0.5) is 0 Å². The van der Waals surface area contributed by atoms with Crippen LogP contribution in [0, 0.1) is 0 Å². The first kappa shape index (κ1) is 12.4. The molecule has 1 aliphatic rings. The highest BCUT2D eigenvalue weighted by Crippen LogP contribution is 2.25. The molecule has 19 heavy (non-hydrogen) atoms. The monoisotopic (exact) mass is 275 g/mol. The summed E-state index contributed by atoms with van der Waals surface area (Å²) in [6.07, 6.45) is 4.51. The molecular weight excluding hydrogens is 258 g/mol. The molecule has 1 saturated heterocycles. The fourth-order valence-electron chi connectivity index (χ4n) is 2.63. The number of carbonyl (C=O) groups excluding carboxylic acids is 1. The van der Waals surface area contributed by atoms with Gasteiger partial charge in [0.15, 0.2) is 0 Å². The Bertz CT molecular complexity index is 521. The Kier molecular flexibility index (Phi) is 3.64. The highest BCUT2D eigenvalue weighted by atomic mass is 32.1. The summed E-state index contributed by atoms with van der Waals surface area (Å²) in [6.45, 7) is 1.70. The summed E-state index contributed by atoms with van der Waals surface area (Å²) in [7, 11) is 0. The predicted octanol–water partition coefficient (Wildman–Crippen LogP) is 2.42. The van der Waals surface area contributed by atoms with Gasteiger partial charge >= 0.3 is 0 Å². The van der Waals surface area contributed by atoms with Gasteiger partial charge in [-0.15, -0.1) is 11.3 Å². The van der Waals surface area contributed by atoms with E-state index in [9.17, 15) is 4.79 Å². The van der Waals surface area contributed by atoms with Crippen LogP contribution in [-0.4, -0.2) is 34.1 Å². The number of carbonyl (C=O) groups is 1. The Morgan fingerprint density at radius 2 is 2.47 bits per heavy atom. The number of piperidine rings is 1. The first-order valence-electron chi connectivity index (χ1n) is 6.62. The Balaban J connectivity index is 1.63. The average molecular weight is 275 g/mol. The van der Waals surface area contributed by atoms with Crippen molar-refractivity contribution in [3.8, 4) is 0 Å². The van der Waals surface area contributed by atoms with E-state index in [1.54, 1.807) is 17.5 Å². The van der Waals surface area contributed by atoms with Crippen molar-refractivity contribution in [3.63, 3.8) is 0 Å². The molecule has 0 saturated carbocycles. The van der Waals surface area contributed by atoms with Gasteiger partial charge in [-0.05, 0) is 30.4 Å². The normalized spacial score (nSPS) is 19.6. The molecule has 1 amide bonds. The third-order valence-corrected chi connectivity index (χ3v) is 4.52. The number of aromatic nitrogens is 2. The molecule has 2 aromatic heterocycles. The number of hydrogen-bond acceptors (Lipinski definition) is 3. The molecule has 3 rings (SSSR count). The van der Waals surface area contributed by atoms with Crippen molar-refractivity contribution in [3.05, 3.63) is 40.3 Å². The second-order valence-corrected chi connectivity index (χ2v) is 5.98. The van der Waals surface area contributed by atoms with Gasteiger partial charge in [0.2, 0.25) is 5.91 Å². The van der Waals surface area contributed by atoms with Gasteiger partial charge < -0.3 is 4.90 Å². The molecule has 0 aromatic carbocycles. The van der Waals surface area contributed by atoms with Crippen LogP contribution in [0.2, 0.25) is 0 Å². The molecule has 5 heteroatoms. The number of nitrogens with one attached hydrogen (secondary N) is 1. The van der Waals surface area contributed by atoms with Crippen LogP contribution < -0.4 is 0 Å². The number of aromatic amines is 1. The summed E-state index contributed by atoms with van der Waals surface area (Å²) >= 11 is 1.65. The number of hydrogen-bond donors (Lipinski definition) is 1. The minimum atomic E-state index is 0.242. The second-order valence-electron chi connectivity index (χ2n) is 4.95. The predicted molar refractivity (Wildman–Crippen MR) is 75.2 cm³/mol. The van der Waals surface area contributed by atoms with Crippen molar-refractivity contribution in [2.45, 2.75) is 25.2 Å². The van der Waals surface area contributed by atoms with Gasteiger partial charge in [0.25, 0.3) is 0 Å². The van der Waals surface area contributed by atoms with Crippen molar-refractivity contribution in [1.82, 2.24) is 15.1 Å². The topological polar surface area (TPSA) is 49.0 Å². The maximum Gasteiger partial charge on any atom is 0.227 e. The van der Waals surface area contributed by atoms with E-state index in [0.29, 0.717) is 12.3 Å². The summed E-state index contributed by atoms with van der Waals surface area (Å²) in [6, 6.07) is 6.04. The standard InChI is InChI=1S/C14H17N3OS/c18-14(9-12-4-2-8-19-12)17-7-1-3-11(10-17)13-5-6-15-16-13/h2,4-6,8,11H,1,3,7,9-10H2,(H,15,16). The molecule has 1 atom stereocenters. The quantitative estimate of drug-likeness (QED) is 0.935. The summed E-state index contributed by atoms with van der Waals surface area (Å²) in [5, 5.41) is 9.05. The molecule has 1 N–H and O–H groups in total. The van der Waals surface area contributed by atoms with Gasteiger partial charge in [0.05, 0.1) is 6.42 Å². The number of H-pyrrole nitrogens is 1. The molecular formula is C14H17N3OS. The van der Waals surface area contributed by atoms with Gasteiger partial charge in [-0.3, -0.25) is 9.89 Å². The van der Waals surface area contributed by atoms with E-state index in [2.05, 4.69) is 10.2 Å². The van der Waals surface area contributed by atoms with Crippen LogP contribution in [0.5, 0.6) is 0 Å². The van der Waals surface area contributed by atoms with Crippen molar-refractivity contribution < 1.29 is 4.79 Å². The molecule has 2 aromatic rings. The molecule has 1 fully saturated rings. The zero-order chi connectivity index (χ0) is 13.1. The molecule has 1 aliphatic heterocycles. The van der Waals surface area contributed by atoms with Crippen molar-refractivity contribution in [2.75, 3.05) is 13.1 Å². The SMILES string of the molecule is O=C(Cc1cccs1)N1CCCC(c2ccn[nH]2)C1. The van der Waals surface area contributed by atoms with Gasteiger partial charge in [0.1, 0.15) is 0 Å². The summed E-state index contributed by atoms with van der Waals surface area (Å²) < 4.78 is 0. The maximum atomic E-state index is 12.3. The van der Waals surface area contributed by atoms with Gasteiger partial charge in [-0.25, -0.2) is 0 Å². The van der Waals surface area contributed by atoms with Crippen molar-refractivity contribution in [1.29, 1.82) is 0 Å². The van der Waals surface area contributed by atoms with Crippen LogP contribution in [0.25, 0.3) is 0 Å². The highest BCUT2D eigenvalue weighted by molar-refractivity contribution is 7.10. The molecule has 3 heterocycles. The number of nitrogens with zero attached hydrogens (tertiary/aromatic N) is 2. The van der Waals surface area contributed by atoms with Crippen LogP contribution in [0.15, 0.2) is 29.8 Å². The molecule has 4 nitrogen and oxygen atoms in total. The maximum absolute atomic E-state index is 12.3. The molecule has 100 valence electrons. The van der Waals surface area contributed by atoms with Gasteiger partial charge in [-0.1, -0.05) is 6.07 Å². The number of rotatable bonds is 3. The molecule has 0 aliphatic carbocycles. The van der Waals surface area contributed by atoms with Gasteiger partial charge in [0, 0.05) is 35.8 Å². The third-order valence-electron chi connectivity index (χ3n) is 3.64. The van der Waals surface area contributed by atoms with E-state index in [0.717, 1.165) is 36.5 Å². The minimum Gasteiger partial charge on any atom is -0.342 e. The lowest BCUT2D eigenvalue weighted by Gasteiger charge is -2.32. The summed E-state index contributed by atoms with van der Waals surface area (Å²) in [4.78, 5) is 15.4. The number of thiophene rings is 1. The second kappa shape index (κ2) is 5.57. The molecule has 0 spiro atoms. The molecule has 0 bridgehead atoms. The molecule has 0 radical (unpaired) electrons. The minimum absolute atomic E-state index is 0.242. The fourth-order valence-corrected chi connectivity index (χ4v) is 3.32. The van der Waals surface area contributed by atoms with Crippen molar-refractivity contribution in [2.24, 2.45) is 0 Å². The highest BCUT2D eigenvalue weighted by Gasteiger charge is 2.25. The number of likely N-dealkylation sites (tertiary alicyclic amines) is 1. The van der Waals surface area contributed by atoms with E-state index < -0.39 is 0 Å². The molecule has 1 unspecified atom stereocenters. The Morgan fingerprint density at radius 3 is 3.21 bits per heavy atom. The van der Waals surface area contributed by atoms with E-state index in [-0.39, 0.29) is 5.91 Å². The van der Waals surface area contributed by atoms with Crippen molar-refractivity contribution >= 4 is 17.2 Å². The van der Waals surface area contributed by atoms with Gasteiger partial charge in [-0.2, -0.15) is 5.10 Å². The Morgan fingerprint density at radius 1 is 1.53 bits per heavy atom. The zero-order valence-electron chi connectivity index (χ0n) is 10.7. The lowest BCUT2D eigenvalue weighted by molar-refractivity contribution is -0.131. The van der Waals surface area contributed by atoms with E-state index in [1.165, 1.54) is 0 Å².